The van der Waals surface area contributed by atoms with Crippen LogP contribution >= 0.6 is 0 Å². The summed E-state index contributed by atoms with van der Waals surface area (Å²) >= 11 is 0. The summed E-state index contributed by atoms with van der Waals surface area (Å²) in [6.45, 7) is 4.31. The van der Waals surface area contributed by atoms with Gasteiger partial charge < -0.3 is 5.11 Å². The van der Waals surface area contributed by atoms with Crippen molar-refractivity contribution >= 4 is 10.0 Å². The molecular weight excluding hydrogens is 310 g/mol. The van der Waals surface area contributed by atoms with Crippen LogP contribution in [0.1, 0.15) is 50.7 Å². The molecule has 0 spiro atoms. The molecule has 1 aromatic carbocycles. The molecule has 1 fully saturated rings. The van der Waals surface area contributed by atoms with Crippen molar-refractivity contribution in [3.05, 3.63) is 29.3 Å². The number of hydrogen-bond donors (Lipinski definition) is 1. The molecule has 3 atom stereocenters. The van der Waals surface area contributed by atoms with E-state index in [1.54, 1.807) is 13.0 Å². The monoisotopic (exact) mass is 337 g/mol. The lowest BCUT2D eigenvalue weighted by Crippen LogP contribution is -2.50. The Hall–Kier alpha value is -0.910. The maximum absolute atomic E-state index is 13.1. The van der Waals surface area contributed by atoms with Crippen LogP contribution in [-0.4, -0.2) is 36.5 Å². The van der Waals surface area contributed by atoms with Gasteiger partial charge in [-0.1, -0.05) is 13.0 Å². The van der Waals surface area contributed by atoms with Crippen LogP contribution < -0.4 is 0 Å². The molecule has 0 saturated carbocycles. The Balaban J connectivity index is 1.94. The van der Waals surface area contributed by atoms with E-state index in [1.165, 1.54) is 21.9 Å². The summed E-state index contributed by atoms with van der Waals surface area (Å²) in [5.41, 5.74) is 2.46. The third-order valence-corrected chi connectivity index (χ3v) is 7.26. The molecule has 128 valence electrons. The van der Waals surface area contributed by atoms with Crippen molar-refractivity contribution in [1.29, 1.82) is 0 Å². The zero-order valence-corrected chi connectivity index (χ0v) is 14.8. The van der Waals surface area contributed by atoms with E-state index in [1.807, 2.05) is 12.1 Å². The number of aryl methyl sites for hydroxylation is 2. The van der Waals surface area contributed by atoms with E-state index in [-0.39, 0.29) is 6.04 Å². The van der Waals surface area contributed by atoms with Crippen LogP contribution in [0.25, 0.3) is 0 Å². The van der Waals surface area contributed by atoms with Gasteiger partial charge in [-0.25, -0.2) is 8.42 Å². The Bertz CT molecular complexity index is 669. The number of hydrogen-bond acceptors (Lipinski definition) is 3. The minimum absolute atomic E-state index is 0.320. The average molecular weight is 337 g/mol. The minimum Gasteiger partial charge on any atom is -0.392 e. The predicted molar refractivity (Wildman–Crippen MR) is 90.8 cm³/mol. The standard InChI is InChI=1S/C18H27NO3S/c1-13-9-10-19(18(11-13)14(2)20)23(21,22)17-8-7-15-5-3-4-6-16(15)12-17/h7-8,12-14,18,20H,3-6,9-11H2,1-2H3. The van der Waals surface area contributed by atoms with E-state index in [0.29, 0.717) is 17.4 Å². The Kier molecular flexibility index (Phi) is 4.81. The van der Waals surface area contributed by atoms with Crippen molar-refractivity contribution in [2.75, 3.05) is 6.54 Å². The van der Waals surface area contributed by atoms with Crippen molar-refractivity contribution in [1.82, 2.24) is 4.31 Å². The first-order valence-corrected chi connectivity index (χ1v) is 10.2. The maximum atomic E-state index is 13.1. The summed E-state index contributed by atoms with van der Waals surface area (Å²) in [5.74, 6) is 0.449. The lowest BCUT2D eigenvalue weighted by molar-refractivity contribution is 0.0676. The fraction of sp³-hybridized carbons (Fsp3) is 0.667. The molecular formula is C18H27NO3S. The first-order valence-electron chi connectivity index (χ1n) is 8.71. The van der Waals surface area contributed by atoms with Gasteiger partial charge in [-0.3, -0.25) is 0 Å². The average Bonchev–Trinajstić information content (AvgIpc) is 2.54. The summed E-state index contributed by atoms with van der Waals surface area (Å²) in [5, 5.41) is 10.1. The quantitative estimate of drug-likeness (QED) is 0.923. The second kappa shape index (κ2) is 6.54. The molecule has 1 saturated heterocycles. The number of nitrogens with zero attached hydrogens (tertiary/aromatic N) is 1. The van der Waals surface area contributed by atoms with Gasteiger partial charge in [-0.2, -0.15) is 4.31 Å². The topological polar surface area (TPSA) is 57.6 Å². The number of sulfonamides is 1. The number of fused-ring (bicyclic) bond motifs is 1. The summed E-state index contributed by atoms with van der Waals surface area (Å²) in [6, 6.07) is 5.27. The number of benzene rings is 1. The van der Waals surface area contributed by atoms with Gasteiger partial charge in [0, 0.05) is 6.54 Å². The van der Waals surface area contributed by atoms with Crippen LogP contribution in [0, 0.1) is 5.92 Å². The van der Waals surface area contributed by atoms with E-state index >= 15 is 0 Å². The summed E-state index contributed by atoms with van der Waals surface area (Å²) in [6.07, 6.45) is 5.27. The number of aliphatic hydroxyl groups excluding tert-OH is 1. The zero-order chi connectivity index (χ0) is 16.6. The van der Waals surface area contributed by atoms with E-state index in [4.69, 9.17) is 0 Å². The molecule has 23 heavy (non-hydrogen) atoms. The molecule has 0 aromatic heterocycles. The normalized spacial score (nSPS) is 27.4. The molecule has 1 aliphatic carbocycles. The number of piperidine rings is 1. The van der Waals surface area contributed by atoms with Crippen molar-refractivity contribution < 1.29 is 13.5 Å². The zero-order valence-electron chi connectivity index (χ0n) is 14.0. The van der Waals surface area contributed by atoms with Crippen LogP contribution in [0.5, 0.6) is 0 Å². The van der Waals surface area contributed by atoms with Crippen molar-refractivity contribution in [3.8, 4) is 0 Å². The molecule has 1 aromatic rings. The molecule has 0 radical (unpaired) electrons. The highest BCUT2D eigenvalue weighted by atomic mass is 32.2. The third kappa shape index (κ3) is 3.32. The second-order valence-corrected chi connectivity index (χ2v) is 9.08. The SMILES string of the molecule is CC1CCN(S(=O)(=O)c2ccc3c(c2)CCCC3)C(C(C)O)C1. The van der Waals surface area contributed by atoms with Crippen LogP contribution in [0.3, 0.4) is 0 Å². The summed E-state index contributed by atoms with van der Waals surface area (Å²) in [4.78, 5) is 0.387. The predicted octanol–water partition coefficient (Wildman–Crippen LogP) is 2.74. The highest BCUT2D eigenvalue weighted by molar-refractivity contribution is 7.89. The lowest BCUT2D eigenvalue weighted by atomic mass is 9.92. The van der Waals surface area contributed by atoms with E-state index in [0.717, 1.165) is 32.1 Å². The lowest BCUT2D eigenvalue weighted by Gasteiger charge is -2.39. The fourth-order valence-electron chi connectivity index (χ4n) is 3.90. The van der Waals surface area contributed by atoms with Gasteiger partial charge in [0.1, 0.15) is 0 Å². The molecule has 0 bridgehead atoms. The molecule has 3 unspecified atom stereocenters. The Morgan fingerprint density at radius 2 is 1.91 bits per heavy atom. The molecule has 3 rings (SSSR count). The highest BCUT2D eigenvalue weighted by Gasteiger charge is 2.38. The fourth-order valence-corrected chi connectivity index (χ4v) is 5.67. The second-order valence-electron chi connectivity index (χ2n) is 7.19. The van der Waals surface area contributed by atoms with Gasteiger partial charge in [0.15, 0.2) is 0 Å². The Morgan fingerprint density at radius 1 is 1.22 bits per heavy atom. The van der Waals surface area contributed by atoms with Crippen LogP contribution in [-0.2, 0) is 22.9 Å². The van der Waals surface area contributed by atoms with Gasteiger partial charge in [-0.05, 0) is 74.6 Å². The first kappa shape index (κ1) is 16.9. The molecule has 5 heteroatoms. The summed E-state index contributed by atoms with van der Waals surface area (Å²) in [7, 11) is -3.54. The van der Waals surface area contributed by atoms with Gasteiger partial charge in [0.25, 0.3) is 0 Å². The Labute approximate surface area is 139 Å². The molecule has 1 aliphatic heterocycles. The third-order valence-electron chi connectivity index (χ3n) is 5.34. The number of rotatable bonds is 3. The summed E-state index contributed by atoms with van der Waals surface area (Å²) < 4.78 is 27.7. The first-order chi connectivity index (χ1) is 10.9. The Morgan fingerprint density at radius 3 is 2.61 bits per heavy atom. The van der Waals surface area contributed by atoms with E-state index < -0.39 is 16.1 Å². The minimum atomic E-state index is -3.54. The molecule has 1 heterocycles. The van der Waals surface area contributed by atoms with Crippen LogP contribution in [0.4, 0.5) is 0 Å². The number of aliphatic hydroxyl groups is 1. The van der Waals surface area contributed by atoms with Crippen molar-refractivity contribution in [2.45, 2.75) is 69.4 Å². The van der Waals surface area contributed by atoms with E-state index in [9.17, 15) is 13.5 Å². The van der Waals surface area contributed by atoms with Gasteiger partial charge in [0.2, 0.25) is 10.0 Å². The molecule has 1 N–H and O–H groups in total. The molecule has 0 amide bonds. The molecule has 2 aliphatic rings. The van der Waals surface area contributed by atoms with Crippen molar-refractivity contribution in [2.24, 2.45) is 5.92 Å². The van der Waals surface area contributed by atoms with Gasteiger partial charge in [-0.15, -0.1) is 0 Å². The van der Waals surface area contributed by atoms with Crippen LogP contribution in [0.15, 0.2) is 23.1 Å². The molecule has 4 nitrogen and oxygen atoms in total. The smallest absolute Gasteiger partial charge is 0.243 e. The van der Waals surface area contributed by atoms with E-state index in [2.05, 4.69) is 6.92 Å². The maximum Gasteiger partial charge on any atom is 0.243 e. The van der Waals surface area contributed by atoms with Gasteiger partial charge in [0.05, 0.1) is 17.0 Å². The highest BCUT2D eigenvalue weighted by Crippen LogP contribution is 2.32. The van der Waals surface area contributed by atoms with Crippen molar-refractivity contribution in [3.63, 3.8) is 0 Å². The largest absolute Gasteiger partial charge is 0.392 e. The van der Waals surface area contributed by atoms with Crippen LogP contribution in [0.2, 0.25) is 0 Å². The van der Waals surface area contributed by atoms with Gasteiger partial charge >= 0.3 is 0 Å².